The van der Waals surface area contributed by atoms with Gasteiger partial charge in [0, 0.05) is 42.2 Å². The Morgan fingerprint density at radius 2 is 2.08 bits per heavy atom. The predicted molar refractivity (Wildman–Crippen MR) is 102 cm³/mol. The van der Waals surface area contributed by atoms with E-state index in [4.69, 9.17) is 16.6 Å². The lowest BCUT2D eigenvalue weighted by molar-refractivity contribution is -0.133. The van der Waals surface area contributed by atoms with Gasteiger partial charge in [0.25, 0.3) is 0 Å². The van der Waals surface area contributed by atoms with Crippen LogP contribution in [0.3, 0.4) is 0 Å². The molecule has 1 aliphatic heterocycles. The number of hydrogen-bond donors (Lipinski definition) is 1. The van der Waals surface area contributed by atoms with Crippen LogP contribution in [0.1, 0.15) is 31.4 Å². The molecule has 1 N–H and O–H groups in total. The summed E-state index contributed by atoms with van der Waals surface area (Å²) in [4.78, 5) is 29.9. The third-order valence-electron chi connectivity index (χ3n) is 4.57. The number of carbonyl (C=O) groups excluding carboxylic acids is 2. The van der Waals surface area contributed by atoms with Crippen LogP contribution >= 0.6 is 11.6 Å². The quantitative estimate of drug-likeness (QED) is 0.897. The normalized spacial score (nSPS) is 17.0. The number of benzene rings is 1. The molecule has 0 aliphatic carbocycles. The van der Waals surface area contributed by atoms with Gasteiger partial charge in [-0.1, -0.05) is 29.8 Å². The Labute approximate surface area is 158 Å². The molecule has 1 aliphatic rings. The smallest absolute Gasteiger partial charge is 0.241 e. The minimum atomic E-state index is -0.192. The summed E-state index contributed by atoms with van der Waals surface area (Å²) in [5, 5.41) is 3.26. The summed E-state index contributed by atoms with van der Waals surface area (Å²) in [7, 11) is 0. The van der Waals surface area contributed by atoms with Crippen LogP contribution < -0.4 is 5.32 Å². The van der Waals surface area contributed by atoms with Gasteiger partial charge in [0.15, 0.2) is 0 Å². The van der Waals surface area contributed by atoms with Crippen LogP contribution in [0, 0.1) is 0 Å². The zero-order valence-electron chi connectivity index (χ0n) is 14.7. The molecule has 1 fully saturated rings. The number of amides is 2. The average molecular weight is 372 g/mol. The van der Waals surface area contributed by atoms with Gasteiger partial charge >= 0.3 is 0 Å². The van der Waals surface area contributed by atoms with E-state index in [9.17, 15) is 9.59 Å². The minimum absolute atomic E-state index is 0.0455. The van der Waals surface area contributed by atoms with E-state index in [0.29, 0.717) is 11.6 Å². The fourth-order valence-electron chi connectivity index (χ4n) is 3.24. The number of halogens is 1. The van der Waals surface area contributed by atoms with Crippen molar-refractivity contribution < 1.29 is 9.59 Å². The Morgan fingerprint density at radius 3 is 2.85 bits per heavy atom. The Hall–Kier alpha value is -2.40. The molecule has 136 valence electrons. The monoisotopic (exact) mass is 371 g/mol. The van der Waals surface area contributed by atoms with Crippen LogP contribution in [0.25, 0.3) is 11.3 Å². The number of nitrogens with one attached hydrogen (secondary N) is 1. The van der Waals surface area contributed by atoms with Crippen LogP contribution in [0.2, 0.25) is 5.02 Å². The Balaban J connectivity index is 1.73. The number of rotatable bonds is 4. The molecule has 2 heterocycles. The minimum Gasteiger partial charge on any atom is -0.347 e. The van der Waals surface area contributed by atoms with Crippen molar-refractivity contribution in [2.24, 2.45) is 0 Å². The molecule has 0 bridgehead atoms. The van der Waals surface area contributed by atoms with Crippen LogP contribution in [0.5, 0.6) is 0 Å². The molecule has 26 heavy (non-hydrogen) atoms. The highest BCUT2D eigenvalue weighted by molar-refractivity contribution is 6.30. The number of hydrogen-bond acceptors (Lipinski definition) is 3. The second-order valence-electron chi connectivity index (χ2n) is 6.55. The van der Waals surface area contributed by atoms with Gasteiger partial charge < -0.3 is 10.2 Å². The summed E-state index contributed by atoms with van der Waals surface area (Å²) >= 11 is 6.09. The number of pyridine rings is 1. The van der Waals surface area contributed by atoms with Gasteiger partial charge in [-0.3, -0.25) is 14.6 Å². The van der Waals surface area contributed by atoms with E-state index in [1.54, 1.807) is 0 Å². The van der Waals surface area contributed by atoms with Crippen molar-refractivity contribution in [3.63, 3.8) is 0 Å². The largest absolute Gasteiger partial charge is 0.347 e. The highest BCUT2D eigenvalue weighted by atomic mass is 35.5. The zero-order valence-corrected chi connectivity index (χ0v) is 15.5. The molecule has 5 nitrogen and oxygen atoms in total. The van der Waals surface area contributed by atoms with E-state index in [2.05, 4.69) is 5.32 Å². The van der Waals surface area contributed by atoms with Gasteiger partial charge in [-0.15, -0.1) is 0 Å². The van der Waals surface area contributed by atoms with Crippen molar-refractivity contribution in [1.82, 2.24) is 15.2 Å². The second-order valence-corrected chi connectivity index (χ2v) is 6.98. The third kappa shape index (κ3) is 4.61. The maximum atomic E-state index is 12.3. The van der Waals surface area contributed by atoms with Crippen molar-refractivity contribution in [3.05, 3.63) is 53.2 Å². The standard InChI is InChI=1S/C20H22ClN3O2/c1-14(25)22-12-20(26)24-10-4-6-16(13-24)19-9-3-8-18(23-19)15-5-2-7-17(21)11-15/h2-3,5,7-9,11,16H,4,6,10,12-13H2,1H3,(H,22,25)/t16-/m0/s1. The summed E-state index contributed by atoms with van der Waals surface area (Å²) < 4.78 is 0. The first-order valence-electron chi connectivity index (χ1n) is 8.78. The molecule has 0 unspecified atom stereocenters. The lowest BCUT2D eigenvalue weighted by Gasteiger charge is -2.32. The maximum absolute atomic E-state index is 12.3. The molecule has 3 rings (SSSR count). The average Bonchev–Trinajstić information content (AvgIpc) is 2.66. The Kier molecular flexibility index (Phi) is 5.89. The molecule has 1 atom stereocenters. The topological polar surface area (TPSA) is 62.3 Å². The molecule has 2 amide bonds. The van der Waals surface area contributed by atoms with Crippen LogP contribution in [-0.4, -0.2) is 41.3 Å². The number of carbonyl (C=O) groups is 2. The fourth-order valence-corrected chi connectivity index (χ4v) is 3.43. The van der Waals surface area contributed by atoms with E-state index >= 15 is 0 Å². The molecule has 0 spiro atoms. The summed E-state index contributed by atoms with van der Waals surface area (Å²) in [6.07, 6.45) is 1.93. The first-order valence-corrected chi connectivity index (χ1v) is 9.16. The molecule has 6 heteroatoms. The molecular formula is C20H22ClN3O2. The van der Waals surface area contributed by atoms with E-state index in [-0.39, 0.29) is 24.3 Å². The molecule has 1 saturated heterocycles. The number of likely N-dealkylation sites (tertiary alicyclic amines) is 1. The number of piperidine rings is 1. The Bertz CT molecular complexity index is 809. The lowest BCUT2D eigenvalue weighted by atomic mass is 9.93. The van der Waals surface area contributed by atoms with Crippen LogP contribution in [0.15, 0.2) is 42.5 Å². The molecule has 0 radical (unpaired) electrons. The van der Waals surface area contributed by atoms with Crippen molar-refractivity contribution in [2.45, 2.75) is 25.7 Å². The van der Waals surface area contributed by atoms with Gasteiger partial charge in [0.2, 0.25) is 11.8 Å². The highest BCUT2D eigenvalue weighted by Gasteiger charge is 2.25. The van der Waals surface area contributed by atoms with E-state index in [0.717, 1.165) is 36.3 Å². The van der Waals surface area contributed by atoms with Gasteiger partial charge in [-0.2, -0.15) is 0 Å². The predicted octanol–water partition coefficient (Wildman–Crippen LogP) is 3.24. The summed E-state index contributed by atoms with van der Waals surface area (Å²) in [5.74, 6) is -0.0390. The lowest BCUT2D eigenvalue weighted by Crippen LogP contribution is -2.44. The SMILES string of the molecule is CC(=O)NCC(=O)N1CCC[C@H](c2cccc(-c3cccc(Cl)c3)n2)C1. The molecular weight excluding hydrogens is 350 g/mol. The van der Waals surface area contributed by atoms with Crippen LogP contribution in [0.4, 0.5) is 0 Å². The van der Waals surface area contributed by atoms with Crippen molar-refractivity contribution >= 4 is 23.4 Å². The van der Waals surface area contributed by atoms with Gasteiger partial charge in [0.1, 0.15) is 0 Å². The molecule has 1 aromatic carbocycles. The molecule has 2 aromatic rings. The second kappa shape index (κ2) is 8.32. The number of aromatic nitrogens is 1. The van der Waals surface area contributed by atoms with Crippen LogP contribution in [-0.2, 0) is 9.59 Å². The van der Waals surface area contributed by atoms with Crippen molar-refractivity contribution in [1.29, 1.82) is 0 Å². The Morgan fingerprint density at radius 1 is 1.27 bits per heavy atom. The highest BCUT2D eigenvalue weighted by Crippen LogP contribution is 2.28. The van der Waals surface area contributed by atoms with E-state index in [1.165, 1.54) is 6.92 Å². The van der Waals surface area contributed by atoms with E-state index in [1.807, 2.05) is 47.4 Å². The summed E-state index contributed by atoms with van der Waals surface area (Å²) in [6.45, 7) is 2.82. The summed E-state index contributed by atoms with van der Waals surface area (Å²) in [5.41, 5.74) is 2.85. The van der Waals surface area contributed by atoms with Gasteiger partial charge in [-0.25, -0.2) is 0 Å². The maximum Gasteiger partial charge on any atom is 0.241 e. The summed E-state index contributed by atoms with van der Waals surface area (Å²) in [6, 6.07) is 13.6. The molecule has 1 aromatic heterocycles. The van der Waals surface area contributed by atoms with Crippen molar-refractivity contribution in [2.75, 3.05) is 19.6 Å². The molecule has 0 saturated carbocycles. The van der Waals surface area contributed by atoms with E-state index < -0.39 is 0 Å². The zero-order chi connectivity index (χ0) is 18.5. The van der Waals surface area contributed by atoms with Crippen molar-refractivity contribution in [3.8, 4) is 11.3 Å². The van der Waals surface area contributed by atoms with Gasteiger partial charge in [-0.05, 0) is 37.1 Å². The number of nitrogens with zero attached hydrogens (tertiary/aromatic N) is 2. The first-order chi connectivity index (χ1) is 12.5. The first kappa shape index (κ1) is 18.4. The third-order valence-corrected chi connectivity index (χ3v) is 4.81. The van der Waals surface area contributed by atoms with Gasteiger partial charge in [0.05, 0.1) is 12.2 Å². The fraction of sp³-hybridized carbons (Fsp3) is 0.350.